The third-order valence-corrected chi connectivity index (χ3v) is 3.43. The van der Waals surface area contributed by atoms with Crippen molar-refractivity contribution < 1.29 is 4.79 Å². The van der Waals surface area contributed by atoms with E-state index >= 15 is 0 Å². The molecular formula is C15H15N5O2. The number of aromatic nitrogens is 4. The van der Waals surface area contributed by atoms with Crippen molar-refractivity contribution in [1.82, 2.24) is 24.6 Å². The highest BCUT2D eigenvalue weighted by Gasteiger charge is 2.12. The average molecular weight is 297 g/mol. The lowest BCUT2D eigenvalue weighted by Gasteiger charge is -2.05. The van der Waals surface area contributed by atoms with Gasteiger partial charge in [0.15, 0.2) is 5.65 Å². The summed E-state index contributed by atoms with van der Waals surface area (Å²) >= 11 is 0. The van der Waals surface area contributed by atoms with Crippen LogP contribution >= 0.6 is 0 Å². The summed E-state index contributed by atoms with van der Waals surface area (Å²) in [4.78, 5) is 28.0. The highest BCUT2D eigenvalue weighted by atomic mass is 16.2. The molecule has 22 heavy (non-hydrogen) atoms. The molecule has 0 aliphatic heterocycles. The molecule has 0 unspecified atom stereocenters. The minimum absolute atomic E-state index is 0.0615. The highest BCUT2D eigenvalue weighted by molar-refractivity contribution is 5.77. The van der Waals surface area contributed by atoms with E-state index in [1.165, 1.54) is 24.1 Å². The Morgan fingerprint density at radius 3 is 2.68 bits per heavy atom. The van der Waals surface area contributed by atoms with Crippen molar-refractivity contribution in [3.05, 3.63) is 52.7 Å². The van der Waals surface area contributed by atoms with Crippen LogP contribution in [0, 0.1) is 6.92 Å². The fourth-order valence-corrected chi connectivity index (χ4v) is 2.17. The summed E-state index contributed by atoms with van der Waals surface area (Å²) < 4.78 is 2.88. The van der Waals surface area contributed by atoms with Gasteiger partial charge in [0, 0.05) is 7.05 Å². The van der Waals surface area contributed by atoms with Gasteiger partial charge in [0.2, 0.25) is 5.91 Å². The van der Waals surface area contributed by atoms with Gasteiger partial charge >= 0.3 is 0 Å². The Balaban J connectivity index is 2.09. The maximum atomic E-state index is 12.4. The van der Waals surface area contributed by atoms with E-state index in [0.29, 0.717) is 11.0 Å². The molecule has 1 aromatic carbocycles. The Bertz CT molecular complexity index is 892. The van der Waals surface area contributed by atoms with Gasteiger partial charge in [-0.3, -0.25) is 14.2 Å². The first-order valence-corrected chi connectivity index (χ1v) is 6.81. The van der Waals surface area contributed by atoms with Crippen molar-refractivity contribution in [2.45, 2.75) is 13.5 Å². The molecule has 0 fully saturated rings. The van der Waals surface area contributed by atoms with Crippen LogP contribution in [0.3, 0.4) is 0 Å². The van der Waals surface area contributed by atoms with Gasteiger partial charge in [0.1, 0.15) is 18.3 Å². The van der Waals surface area contributed by atoms with E-state index in [2.05, 4.69) is 15.4 Å². The van der Waals surface area contributed by atoms with E-state index in [0.717, 1.165) is 11.3 Å². The second kappa shape index (κ2) is 5.44. The van der Waals surface area contributed by atoms with Crippen LogP contribution in [-0.4, -0.2) is 32.3 Å². The average Bonchev–Trinajstić information content (AvgIpc) is 2.95. The molecule has 1 amide bonds. The van der Waals surface area contributed by atoms with Crippen molar-refractivity contribution in [2.24, 2.45) is 0 Å². The number of hydrogen-bond donors (Lipinski definition) is 1. The van der Waals surface area contributed by atoms with E-state index in [4.69, 9.17) is 0 Å². The van der Waals surface area contributed by atoms with Crippen LogP contribution in [0.25, 0.3) is 16.7 Å². The van der Waals surface area contributed by atoms with Gasteiger partial charge in [0.25, 0.3) is 5.56 Å². The first-order chi connectivity index (χ1) is 10.6. The molecule has 0 spiro atoms. The van der Waals surface area contributed by atoms with E-state index in [1.54, 1.807) is 4.68 Å². The smallest absolute Gasteiger partial charge is 0.264 e. The molecule has 0 bridgehead atoms. The number of likely N-dealkylation sites (N-methyl/N-ethyl adjacent to an activating group) is 1. The highest BCUT2D eigenvalue weighted by Crippen LogP contribution is 2.14. The van der Waals surface area contributed by atoms with Gasteiger partial charge in [-0.1, -0.05) is 17.7 Å². The second-order valence-electron chi connectivity index (χ2n) is 4.98. The van der Waals surface area contributed by atoms with Crippen molar-refractivity contribution in [3.63, 3.8) is 0 Å². The minimum Gasteiger partial charge on any atom is -0.358 e. The van der Waals surface area contributed by atoms with Gasteiger partial charge in [-0.25, -0.2) is 9.67 Å². The molecule has 2 aromatic heterocycles. The summed E-state index contributed by atoms with van der Waals surface area (Å²) in [5, 5.41) is 7.10. The maximum Gasteiger partial charge on any atom is 0.264 e. The molecule has 3 aromatic rings. The molecule has 0 aliphatic rings. The van der Waals surface area contributed by atoms with Gasteiger partial charge in [-0.2, -0.15) is 5.10 Å². The lowest BCUT2D eigenvalue weighted by Crippen LogP contribution is -2.30. The number of nitrogens with one attached hydrogen (secondary N) is 1. The minimum atomic E-state index is -0.285. The van der Waals surface area contributed by atoms with Crippen molar-refractivity contribution in [2.75, 3.05) is 7.05 Å². The fraction of sp³-hybridized carbons (Fsp3) is 0.200. The first-order valence-electron chi connectivity index (χ1n) is 6.81. The number of carbonyl (C=O) groups is 1. The van der Waals surface area contributed by atoms with Crippen LogP contribution in [0.15, 0.2) is 41.6 Å². The maximum absolute atomic E-state index is 12.4. The standard InChI is InChI=1S/C15H15N5O2/c1-10-3-5-11(6-4-10)20-14-12(7-18-20)15(22)19(9-17-14)8-13(21)16-2/h3-7,9H,8H2,1-2H3,(H,16,21). The zero-order valence-electron chi connectivity index (χ0n) is 12.3. The van der Waals surface area contributed by atoms with Crippen LogP contribution in [0.1, 0.15) is 5.56 Å². The summed E-state index contributed by atoms with van der Waals surface area (Å²) in [5.74, 6) is -0.255. The Labute approximate surface area is 126 Å². The Morgan fingerprint density at radius 2 is 2.00 bits per heavy atom. The normalized spacial score (nSPS) is 10.8. The van der Waals surface area contributed by atoms with Crippen LogP contribution in [0.2, 0.25) is 0 Å². The summed E-state index contributed by atoms with van der Waals surface area (Å²) in [6.45, 7) is 1.94. The molecule has 112 valence electrons. The number of aryl methyl sites for hydroxylation is 1. The van der Waals surface area contributed by atoms with Gasteiger partial charge in [0.05, 0.1) is 11.9 Å². The number of fused-ring (bicyclic) bond motifs is 1. The number of benzene rings is 1. The van der Waals surface area contributed by atoms with Gasteiger partial charge < -0.3 is 5.32 Å². The number of hydrogen-bond acceptors (Lipinski definition) is 4. The van der Waals surface area contributed by atoms with Crippen molar-refractivity contribution in [3.8, 4) is 5.69 Å². The molecule has 0 aliphatic carbocycles. The Morgan fingerprint density at radius 1 is 1.27 bits per heavy atom. The number of rotatable bonds is 3. The summed E-state index contributed by atoms with van der Waals surface area (Å²) in [6.07, 6.45) is 2.84. The molecule has 3 rings (SSSR count). The summed E-state index contributed by atoms with van der Waals surface area (Å²) in [7, 11) is 1.52. The molecule has 7 nitrogen and oxygen atoms in total. The molecule has 0 saturated heterocycles. The fourth-order valence-electron chi connectivity index (χ4n) is 2.17. The molecule has 0 radical (unpaired) electrons. The lowest BCUT2D eigenvalue weighted by atomic mass is 10.2. The third-order valence-electron chi connectivity index (χ3n) is 3.43. The molecule has 0 atom stereocenters. The van der Waals surface area contributed by atoms with Gasteiger partial charge in [-0.05, 0) is 19.1 Å². The number of nitrogens with zero attached hydrogens (tertiary/aromatic N) is 4. The first kappa shape index (κ1) is 14.0. The summed E-state index contributed by atoms with van der Waals surface area (Å²) in [5.41, 5.74) is 2.16. The zero-order valence-corrected chi connectivity index (χ0v) is 12.3. The third kappa shape index (κ3) is 2.37. The zero-order chi connectivity index (χ0) is 15.7. The predicted molar refractivity (Wildman–Crippen MR) is 81.9 cm³/mol. The Hall–Kier alpha value is -2.96. The van der Waals surface area contributed by atoms with Crippen molar-refractivity contribution in [1.29, 1.82) is 0 Å². The van der Waals surface area contributed by atoms with Crippen molar-refractivity contribution >= 4 is 16.9 Å². The molecule has 0 saturated carbocycles. The van der Waals surface area contributed by atoms with Crippen LogP contribution in [0.5, 0.6) is 0 Å². The van der Waals surface area contributed by atoms with E-state index in [-0.39, 0.29) is 18.0 Å². The monoisotopic (exact) mass is 297 g/mol. The largest absolute Gasteiger partial charge is 0.358 e. The number of amides is 1. The quantitative estimate of drug-likeness (QED) is 0.769. The Kier molecular flexibility index (Phi) is 3.46. The SMILES string of the molecule is CNC(=O)Cn1cnc2c(cnn2-c2ccc(C)cc2)c1=O. The molecule has 1 N–H and O–H groups in total. The van der Waals surface area contributed by atoms with Crippen LogP contribution in [-0.2, 0) is 11.3 Å². The molecular weight excluding hydrogens is 282 g/mol. The number of carbonyl (C=O) groups excluding carboxylic acids is 1. The van der Waals surface area contributed by atoms with Crippen LogP contribution < -0.4 is 10.9 Å². The molecule has 2 heterocycles. The summed E-state index contributed by atoms with van der Waals surface area (Å²) in [6, 6.07) is 7.77. The van der Waals surface area contributed by atoms with E-state index < -0.39 is 0 Å². The molecule has 7 heteroatoms. The van der Waals surface area contributed by atoms with E-state index in [9.17, 15) is 9.59 Å². The second-order valence-corrected chi connectivity index (χ2v) is 4.98. The van der Waals surface area contributed by atoms with E-state index in [1.807, 2.05) is 31.2 Å². The van der Waals surface area contributed by atoms with Crippen LogP contribution in [0.4, 0.5) is 0 Å². The predicted octanol–water partition coefficient (Wildman–Crippen LogP) is 0.637. The topological polar surface area (TPSA) is 81.8 Å². The van der Waals surface area contributed by atoms with Gasteiger partial charge in [-0.15, -0.1) is 0 Å². The lowest BCUT2D eigenvalue weighted by molar-refractivity contribution is -0.121.